The van der Waals surface area contributed by atoms with Crippen molar-refractivity contribution in [3.05, 3.63) is 60.2 Å². The maximum Gasteiger partial charge on any atom is 0.243 e. The molecule has 0 aliphatic carbocycles. The van der Waals surface area contributed by atoms with Gasteiger partial charge in [-0.3, -0.25) is 4.79 Å². The molecule has 0 unspecified atom stereocenters. The van der Waals surface area contributed by atoms with Crippen molar-refractivity contribution in [2.45, 2.75) is 13.3 Å². The van der Waals surface area contributed by atoms with Crippen LogP contribution in [0.2, 0.25) is 0 Å². The van der Waals surface area contributed by atoms with Gasteiger partial charge in [0.2, 0.25) is 5.91 Å². The van der Waals surface area contributed by atoms with E-state index < -0.39 is 0 Å². The van der Waals surface area contributed by atoms with E-state index in [-0.39, 0.29) is 11.7 Å². The molecule has 2 aromatic carbocycles. The predicted octanol–water partition coefficient (Wildman–Crippen LogP) is 3.64. The molecule has 1 amide bonds. The standard InChI is InChI=1S/C19H20N2O2/c1-14-5-4-12-21(18-7-3-2-6-17(14)18)13-19(23)20-15-8-10-16(22)11-9-15/h2-3,5-11,22H,4,12-13H2,1H3,(H,20,23). The van der Waals surface area contributed by atoms with Crippen LogP contribution in [0, 0.1) is 0 Å². The molecule has 0 aromatic heterocycles. The lowest BCUT2D eigenvalue weighted by atomic mass is 10.1. The fourth-order valence-corrected chi connectivity index (χ4v) is 2.83. The zero-order valence-corrected chi connectivity index (χ0v) is 13.1. The van der Waals surface area contributed by atoms with Crippen LogP contribution in [0.4, 0.5) is 11.4 Å². The van der Waals surface area contributed by atoms with Crippen molar-refractivity contribution in [3.8, 4) is 5.75 Å². The molecule has 0 fully saturated rings. The van der Waals surface area contributed by atoms with E-state index >= 15 is 0 Å². The molecule has 2 aromatic rings. The number of nitrogens with zero attached hydrogens (tertiary/aromatic N) is 1. The lowest BCUT2D eigenvalue weighted by Crippen LogP contribution is -2.34. The number of allylic oxidation sites excluding steroid dienone is 1. The van der Waals surface area contributed by atoms with Crippen molar-refractivity contribution in [3.63, 3.8) is 0 Å². The van der Waals surface area contributed by atoms with Gasteiger partial charge < -0.3 is 15.3 Å². The minimum atomic E-state index is -0.0648. The maximum absolute atomic E-state index is 12.3. The van der Waals surface area contributed by atoms with Gasteiger partial charge in [0.25, 0.3) is 0 Å². The third kappa shape index (κ3) is 3.54. The van der Waals surface area contributed by atoms with Gasteiger partial charge in [0.05, 0.1) is 6.54 Å². The Kier molecular flexibility index (Phi) is 4.33. The van der Waals surface area contributed by atoms with E-state index in [1.54, 1.807) is 24.3 Å². The topological polar surface area (TPSA) is 52.6 Å². The van der Waals surface area contributed by atoms with Gasteiger partial charge in [0, 0.05) is 23.5 Å². The lowest BCUT2D eigenvalue weighted by molar-refractivity contribution is -0.115. The van der Waals surface area contributed by atoms with Crippen LogP contribution in [0.1, 0.15) is 18.9 Å². The monoisotopic (exact) mass is 308 g/mol. The van der Waals surface area contributed by atoms with E-state index in [0.29, 0.717) is 12.2 Å². The van der Waals surface area contributed by atoms with Crippen molar-refractivity contribution in [1.29, 1.82) is 0 Å². The Morgan fingerprint density at radius 2 is 1.91 bits per heavy atom. The maximum atomic E-state index is 12.3. The minimum absolute atomic E-state index is 0.0648. The summed E-state index contributed by atoms with van der Waals surface area (Å²) in [4.78, 5) is 14.4. The second-order valence-electron chi connectivity index (χ2n) is 5.71. The molecule has 1 heterocycles. The van der Waals surface area contributed by atoms with E-state index in [4.69, 9.17) is 0 Å². The van der Waals surface area contributed by atoms with Crippen LogP contribution in [-0.2, 0) is 4.79 Å². The number of phenolic OH excluding ortho intramolecular Hbond substituents is 1. The van der Waals surface area contributed by atoms with Gasteiger partial charge in [-0.2, -0.15) is 0 Å². The molecular formula is C19H20N2O2. The zero-order chi connectivity index (χ0) is 16.2. The molecule has 2 N–H and O–H groups in total. The number of fused-ring (bicyclic) bond motifs is 1. The highest BCUT2D eigenvalue weighted by atomic mass is 16.3. The summed E-state index contributed by atoms with van der Waals surface area (Å²) < 4.78 is 0. The number of anilines is 2. The van der Waals surface area contributed by atoms with Crippen LogP contribution >= 0.6 is 0 Å². The number of hydrogen-bond donors (Lipinski definition) is 2. The summed E-state index contributed by atoms with van der Waals surface area (Å²) in [5.74, 6) is 0.121. The first-order valence-corrected chi connectivity index (χ1v) is 7.73. The molecule has 0 saturated heterocycles. The Morgan fingerprint density at radius 1 is 1.17 bits per heavy atom. The Hall–Kier alpha value is -2.75. The second kappa shape index (κ2) is 6.57. The number of nitrogens with one attached hydrogen (secondary N) is 1. The van der Waals surface area contributed by atoms with E-state index in [0.717, 1.165) is 18.7 Å². The molecule has 1 aliphatic heterocycles. The van der Waals surface area contributed by atoms with Crippen molar-refractivity contribution < 1.29 is 9.90 Å². The molecule has 0 bridgehead atoms. The van der Waals surface area contributed by atoms with E-state index in [2.05, 4.69) is 35.3 Å². The second-order valence-corrected chi connectivity index (χ2v) is 5.71. The summed E-state index contributed by atoms with van der Waals surface area (Å²) in [6.07, 6.45) is 3.14. The highest BCUT2D eigenvalue weighted by Gasteiger charge is 2.17. The summed E-state index contributed by atoms with van der Waals surface area (Å²) in [7, 11) is 0. The van der Waals surface area contributed by atoms with Crippen molar-refractivity contribution in [1.82, 2.24) is 0 Å². The van der Waals surface area contributed by atoms with Crippen molar-refractivity contribution in [2.24, 2.45) is 0 Å². The van der Waals surface area contributed by atoms with Crippen LogP contribution in [0.3, 0.4) is 0 Å². The summed E-state index contributed by atoms with van der Waals surface area (Å²) in [6, 6.07) is 14.7. The van der Waals surface area contributed by atoms with Gasteiger partial charge in [-0.1, -0.05) is 24.3 Å². The first-order valence-electron chi connectivity index (χ1n) is 7.73. The minimum Gasteiger partial charge on any atom is -0.508 e. The lowest BCUT2D eigenvalue weighted by Gasteiger charge is -2.24. The molecule has 4 nitrogen and oxygen atoms in total. The third-order valence-corrected chi connectivity index (χ3v) is 4.00. The summed E-state index contributed by atoms with van der Waals surface area (Å²) in [5, 5.41) is 12.2. The largest absolute Gasteiger partial charge is 0.508 e. The molecule has 4 heteroatoms. The first kappa shape index (κ1) is 15.2. The number of amides is 1. The average Bonchev–Trinajstić information content (AvgIpc) is 2.70. The Labute approximate surface area is 136 Å². The molecule has 0 saturated carbocycles. The fourth-order valence-electron chi connectivity index (χ4n) is 2.83. The van der Waals surface area contributed by atoms with Gasteiger partial charge in [0.1, 0.15) is 5.75 Å². The predicted molar refractivity (Wildman–Crippen MR) is 93.7 cm³/mol. The molecule has 0 spiro atoms. The van der Waals surface area contributed by atoms with Gasteiger partial charge in [-0.15, -0.1) is 0 Å². The van der Waals surface area contributed by atoms with E-state index in [1.165, 1.54) is 11.1 Å². The number of rotatable bonds is 3. The van der Waals surface area contributed by atoms with Crippen LogP contribution < -0.4 is 10.2 Å². The summed E-state index contributed by atoms with van der Waals surface area (Å²) in [5.41, 5.74) is 4.22. The van der Waals surface area contributed by atoms with Crippen LogP contribution in [0.25, 0.3) is 5.57 Å². The number of phenols is 1. The third-order valence-electron chi connectivity index (χ3n) is 4.00. The Balaban J connectivity index is 1.74. The number of carbonyl (C=O) groups is 1. The number of aromatic hydroxyl groups is 1. The molecule has 3 rings (SSSR count). The Bertz CT molecular complexity index is 735. The number of carbonyl (C=O) groups excluding carboxylic acids is 1. The molecule has 0 radical (unpaired) electrons. The molecule has 1 aliphatic rings. The number of hydrogen-bond acceptors (Lipinski definition) is 3. The summed E-state index contributed by atoms with van der Waals surface area (Å²) in [6.45, 7) is 3.23. The fraction of sp³-hybridized carbons (Fsp3) is 0.211. The van der Waals surface area contributed by atoms with Crippen LogP contribution in [0.5, 0.6) is 5.75 Å². The van der Waals surface area contributed by atoms with Gasteiger partial charge in [-0.05, 0) is 49.2 Å². The quantitative estimate of drug-likeness (QED) is 0.851. The Morgan fingerprint density at radius 3 is 2.70 bits per heavy atom. The smallest absolute Gasteiger partial charge is 0.243 e. The van der Waals surface area contributed by atoms with Crippen LogP contribution in [0.15, 0.2) is 54.6 Å². The zero-order valence-electron chi connectivity index (χ0n) is 13.1. The molecular weight excluding hydrogens is 288 g/mol. The van der Waals surface area contributed by atoms with Gasteiger partial charge >= 0.3 is 0 Å². The van der Waals surface area contributed by atoms with Crippen LogP contribution in [-0.4, -0.2) is 24.1 Å². The van der Waals surface area contributed by atoms with Gasteiger partial charge in [-0.25, -0.2) is 0 Å². The highest BCUT2D eigenvalue weighted by Crippen LogP contribution is 2.30. The molecule has 23 heavy (non-hydrogen) atoms. The summed E-state index contributed by atoms with van der Waals surface area (Å²) >= 11 is 0. The number of benzene rings is 2. The molecule has 118 valence electrons. The average molecular weight is 308 g/mol. The van der Waals surface area contributed by atoms with Gasteiger partial charge in [0.15, 0.2) is 0 Å². The highest BCUT2D eigenvalue weighted by molar-refractivity contribution is 5.94. The number of para-hydroxylation sites is 1. The molecule has 0 atom stereocenters. The van der Waals surface area contributed by atoms with Crippen molar-refractivity contribution in [2.75, 3.05) is 23.3 Å². The normalized spacial score (nSPS) is 13.8. The van der Waals surface area contributed by atoms with E-state index in [1.807, 2.05) is 12.1 Å². The van der Waals surface area contributed by atoms with E-state index in [9.17, 15) is 9.90 Å². The SMILES string of the molecule is CC1=CCCN(CC(=O)Nc2ccc(O)cc2)c2ccccc21. The first-order chi connectivity index (χ1) is 11.1. The van der Waals surface area contributed by atoms with Crippen molar-refractivity contribution >= 4 is 22.9 Å².